The Kier molecular flexibility index (Phi) is 31.7. The number of hydrogen-bond acceptors (Lipinski definition) is 16. The van der Waals surface area contributed by atoms with E-state index in [9.17, 15) is 58.2 Å². The van der Waals surface area contributed by atoms with E-state index in [0.717, 1.165) is 12.1 Å². The van der Waals surface area contributed by atoms with Gasteiger partial charge in [-0.1, -0.05) is 26.0 Å². The SMILES string of the molecule is CC(C)[C@H](NC(=O)CNC(=O)CNC(=O)[C@@H](NC(=O)[C@H](C)[NH3+])[C@@H](C)O)C(=O)N[C@@H](CCCC[N+](C)(C)C)C(=O)N[C@@H](CCCC[NH3+])C(=O)N1CCC[C@H]1C(=O)N[C@@H](Cc1cnc[nH]1)C(=O)N[C@@H](CCCNC(N)N)C(=O)N[C@H](C)Cc1ccc(O)cc1. The van der Waals surface area contributed by atoms with E-state index < -0.39 is 139 Å². The van der Waals surface area contributed by atoms with E-state index in [1.807, 2.05) is 28.1 Å². The molecule has 2 heterocycles. The fourth-order valence-electron chi connectivity index (χ4n) is 9.59. The number of benzene rings is 1. The van der Waals surface area contributed by atoms with Gasteiger partial charge in [-0.3, -0.25) is 53.3 Å². The predicted octanol–water partition coefficient (Wildman–Crippen LogP) is -5.94. The first-order valence-corrected chi connectivity index (χ1v) is 30.1. The van der Waals surface area contributed by atoms with Crippen LogP contribution in [0.1, 0.15) is 110 Å². The third kappa shape index (κ3) is 27.5. The highest BCUT2D eigenvalue weighted by Gasteiger charge is 2.40. The van der Waals surface area contributed by atoms with E-state index in [2.05, 4.69) is 74.6 Å². The highest BCUT2D eigenvalue weighted by molar-refractivity contribution is 5.98. The van der Waals surface area contributed by atoms with Gasteiger partial charge in [0.05, 0.1) is 59.8 Å². The summed E-state index contributed by atoms with van der Waals surface area (Å²) in [5.74, 6) is -7.15. The number of aliphatic hydroxyl groups excluding tert-OH is 1. The average molecular weight is 1230 g/mol. The van der Waals surface area contributed by atoms with Gasteiger partial charge in [0.25, 0.3) is 5.91 Å². The summed E-state index contributed by atoms with van der Waals surface area (Å²) < 4.78 is 0.636. The highest BCUT2D eigenvalue weighted by Crippen LogP contribution is 2.21. The lowest BCUT2D eigenvalue weighted by Crippen LogP contribution is -2.68. The first-order valence-electron chi connectivity index (χ1n) is 30.1. The molecule has 1 aromatic heterocycles. The maximum absolute atomic E-state index is 14.8. The van der Waals surface area contributed by atoms with Gasteiger partial charge in [-0.25, -0.2) is 4.98 Å². The molecule has 0 unspecified atom stereocenters. The van der Waals surface area contributed by atoms with Crippen molar-refractivity contribution < 1.29 is 74.1 Å². The van der Waals surface area contributed by atoms with Crippen molar-refractivity contribution in [1.82, 2.24) is 68.0 Å². The number of aromatic amines is 1. The Morgan fingerprint density at radius 3 is 1.89 bits per heavy atom. The fraction of sp³-hybridized carbons (Fsp3) is 0.667. The minimum atomic E-state index is -1.37. The quantitative estimate of drug-likeness (QED) is 0.0168. The maximum Gasteiger partial charge on any atom is 0.278 e. The Morgan fingerprint density at radius 2 is 1.29 bits per heavy atom. The zero-order valence-electron chi connectivity index (χ0n) is 52.0. The number of aromatic hydroxyl groups is 1. The van der Waals surface area contributed by atoms with Crippen molar-refractivity contribution >= 4 is 59.1 Å². The van der Waals surface area contributed by atoms with E-state index in [4.69, 9.17) is 11.5 Å². The Hall–Kier alpha value is -7.35. The van der Waals surface area contributed by atoms with E-state index in [1.165, 1.54) is 31.3 Å². The lowest BCUT2D eigenvalue weighted by Gasteiger charge is -2.31. The van der Waals surface area contributed by atoms with Crippen LogP contribution in [0.4, 0.5) is 0 Å². The fourth-order valence-corrected chi connectivity index (χ4v) is 9.59. The Balaban J connectivity index is 1.82. The molecule has 0 radical (unpaired) electrons. The molecule has 0 spiro atoms. The lowest BCUT2D eigenvalue weighted by molar-refractivity contribution is -0.870. The number of aliphatic hydroxyl groups is 1. The summed E-state index contributed by atoms with van der Waals surface area (Å²) in [5.41, 5.74) is 20.2. The summed E-state index contributed by atoms with van der Waals surface area (Å²) in [5, 5.41) is 46.7. The van der Waals surface area contributed by atoms with E-state index in [-0.39, 0.29) is 50.4 Å². The molecule has 2 aromatic rings. The number of H-pyrrole nitrogens is 1. The number of phenolic OH excluding ortho intramolecular Hbond substituents is 1. The molecular weight excluding hydrogens is 1130 g/mol. The van der Waals surface area contributed by atoms with Crippen molar-refractivity contribution in [3.63, 3.8) is 0 Å². The summed E-state index contributed by atoms with van der Waals surface area (Å²) >= 11 is 0. The number of likely N-dealkylation sites (tertiary alicyclic amines) is 1. The summed E-state index contributed by atoms with van der Waals surface area (Å²) in [7, 11) is 6.06. The molecule has 3 rings (SSSR count). The number of nitrogens with two attached hydrogens (primary N) is 2. The molecule has 0 saturated carbocycles. The summed E-state index contributed by atoms with van der Waals surface area (Å²) in [6.07, 6.45) is 4.91. The predicted molar refractivity (Wildman–Crippen MR) is 321 cm³/mol. The molecule has 1 fully saturated rings. The van der Waals surface area contributed by atoms with Crippen molar-refractivity contribution in [2.45, 2.75) is 178 Å². The number of nitrogens with zero attached hydrogens (tertiary/aromatic N) is 3. The van der Waals surface area contributed by atoms with Gasteiger partial charge in [-0.2, -0.15) is 0 Å². The minimum Gasteiger partial charge on any atom is -0.508 e. The zero-order valence-corrected chi connectivity index (χ0v) is 52.0. The summed E-state index contributed by atoms with van der Waals surface area (Å²) in [6, 6.07) is -2.85. The average Bonchev–Trinajstić information content (AvgIpc) is 2.39. The van der Waals surface area contributed by atoms with Gasteiger partial charge in [0.1, 0.15) is 54.3 Å². The zero-order chi connectivity index (χ0) is 65.0. The molecule has 0 bridgehead atoms. The van der Waals surface area contributed by atoms with Gasteiger partial charge in [-0.05, 0) is 122 Å². The molecule has 23 N–H and O–H groups in total. The third-order valence-electron chi connectivity index (χ3n) is 14.5. The monoisotopic (exact) mass is 1230 g/mol. The number of rotatable bonds is 39. The van der Waals surface area contributed by atoms with Crippen LogP contribution in [0.25, 0.3) is 0 Å². The van der Waals surface area contributed by atoms with Crippen LogP contribution >= 0.6 is 0 Å². The third-order valence-corrected chi connectivity index (χ3v) is 14.5. The van der Waals surface area contributed by atoms with Gasteiger partial charge >= 0.3 is 0 Å². The van der Waals surface area contributed by atoms with Crippen LogP contribution in [-0.4, -0.2) is 216 Å². The van der Waals surface area contributed by atoms with E-state index in [0.29, 0.717) is 68.2 Å². The van der Waals surface area contributed by atoms with Crippen molar-refractivity contribution in [2.75, 3.05) is 60.4 Å². The van der Waals surface area contributed by atoms with Crippen LogP contribution in [0.3, 0.4) is 0 Å². The van der Waals surface area contributed by atoms with Gasteiger partial charge < -0.3 is 95.4 Å². The second-order valence-electron chi connectivity index (χ2n) is 23.9. The molecular formula is C57H101N18O12+3. The molecule has 30 nitrogen and oxygen atoms in total. The number of carbonyl (C=O) groups excluding carboxylic acids is 10. The molecule has 1 saturated heterocycles. The molecule has 10 amide bonds. The normalized spacial score (nSPS) is 16.4. The Bertz CT molecular complexity index is 2530. The molecule has 0 aliphatic carbocycles. The molecule has 1 aliphatic rings. The van der Waals surface area contributed by atoms with E-state index >= 15 is 0 Å². The van der Waals surface area contributed by atoms with Crippen molar-refractivity contribution in [2.24, 2.45) is 17.4 Å². The maximum atomic E-state index is 14.8. The molecule has 488 valence electrons. The van der Waals surface area contributed by atoms with Crippen LogP contribution < -0.4 is 76.1 Å². The summed E-state index contributed by atoms with van der Waals surface area (Å²) in [4.78, 5) is 146. The Morgan fingerprint density at radius 1 is 0.690 bits per heavy atom. The first kappa shape index (κ1) is 73.9. The standard InChI is InChI=1S/C57H98N18O12/c1-33(2)47(72-46(79)31-64-45(78)30-65-54(85)48(36(5)76)73-49(80)35(4)59)55(86)69-40(15-10-12-26-75(6,7)8)51(82)70-42(16-9-11-23-58)56(87)74-25-14-18-44(74)53(84)71-43(28-38-29-62-32-66-38)52(83)68-41(17-13-24-63-57(60)61)50(81)67-34(3)27-37-19-21-39(77)22-20-37/h19-22,29,32-36,40-44,47-48,57,63,76H,9-18,23-28,30-31,58-61H2,1-8H3,(H10-,62,64,65,66,67,68,69,70,71,72,73,77,78,79,80,81,82,83,84,85,86)/p+3/t34-,35+,36-,40+,41+,42+,43+,44+,47+,48+/m1/s1. The molecule has 87 heavy (non-hydrogen) atoms. The van der Waals surface area contributed by atoms with Crippen LogP contribution in [0.2, 0.25) is 0 Å². The van der Waals surface area contributed by atoms with Crippen LogP contribution in [0.15, 0.2) is 36.8 Å². The number of nitrogens with one attached hydrogen (secondary N) is 11. The second kappa shape index (κ2) is 37.4. The minimum absolute atomic E-state index is 0.0639. The van der Waals surface area contributed by atoms with Crippen LogP contribution in [0, 0.1) is 5.92 Å². The first-order chi connectivity index (χ1) is 41.0. The highest BCUT2D eigenvalue weighted by atomic mass is 16.3. The number of hydrogen-bond donors (Lipinski definition) is 17. The molecule has 1 aromatic carbocycles. The van der Waals surface area contributed by atoms with Gasteiger partial charge in [-0.15, -0.1) is 0 Å². The Labute approximate surface area is 509 Å². The number of imidazole rings is 1. The number of quaternary nitrogens is 3. The summed E-state index contributed by atoms with van der Waals surface area (Å²) in [6.45, 7) is 8.49. The second-order valence-corrected chi connectivity index (χ2v) is 23.9. The van der Waals surface area contributed by atoms with Gasteiger partial charge in [0.2, 0.25) is 53.2 Å². The van der Waals surface area contributed by atoms with E-state index in [1.54, 1.807) is 38.1 Å². The number of unbranched alkanes of at least 4 members (excludes halogenated alkanes) is 2. The number of carbonyl (C=O) groups is 10. The topological polar surface area (TPSA) is 471 Å². The number of aromatic nitrogens is 2. The van der Waals surface area contributed by atoms with Crippen molar-refractivity contribution in [1.29, 1.82) is 0 Å². The number of amides is 10. The largest absolute Gasteiger partial charge is 0.508 e. The van der Waals surface area contributed by atoms with Crippen molar-refractivity contribution in [3.8, 4) is 5.75 Å². The van der Waals surface area contributed by atoms with Crippen LogP contribution in [0.5, 0.6) is 5.75 Å². The molecule has 1 aliphatic heterocycles. The number of phenols is 1. The lowest BCUT2D eigenvalue weighted by atomic mass is 10.0. The van der Waals surface area contributed by atoms with Crippen LogP contribution in [-0.2, 0) is 60.8 Å². The van der Waals surface area contributed by atoms with Gasteiger partial charge in [0, 0.05) is 30.9 Å². The molecule has 30 heteroatoms. The smallest absolute Gasteiger partial charge is 0.278 e. The molecule has 10 atom stereocenters. The van der Waals surface area contributed by atoms with Gasteiger partial charge in [0.15, 0.2) is 6.04 Å². The van der Waals surface area contributed by atoms with Crippen molar-refractivity contribution in [3.05, 3.63) is 48.0 Å².